The van der Waals surface area contributed by atoms with E-state index in [0.29, 0.717) is 35.7 Å². The van der Waals surface area contributed by atoms with Gasteiger partial charge < -0.3 is 19.5 Å². The van der Waals surface area contributed by atoms with E-state index in [2.05, 4.69) is 4.74 Å². The van der Waals surface area contributed by atoms with Crippen LogP contribution in [0, 0.1) is 0 Å². The third kappa shape index (κ3) is 4.44. The Balaban J connectivity index is 1.60. The lowest BCUT2D eigenvalue weighted by Crippen LogP contribution is -2.92. The first-order valence-corrected chi connectivity index (χ1v) is 9.58. The molecule has 1 unspecified atom stereocenters. The molecule has 2 amide bonds. The maximum atomic E-state index is 12.8. The number of rotatable bonds is 8. The van der Waals surface area contributed by atoms with Gasteiger partial charge in [0.25, 0.3) is 5.91 Å². The van der Waals surface area contributed by atoms with Gasteiger partial charge in [-0.1, -0.05) is 6.07 Å². The summed E-state index contributed by atoms with van der Waals surface area (Å²) in [5.74, 6) is 0.345. The zero-order chi connectivity index (χ0) is 21.7. The minimum Gasteiger partial charge on any atom is -0.493 e. The third-order valence-electron chi connectivity index (χ3n) is 5.06. The summed E-state index contributed by atoms with van der Waals surface area (Å²) in [6.07, 6.45) is 0.857. The Bertz CT molecular complexity index is 941. The molecule has 1 aliphatic rings. The molecule has 2 aromatic carbocycles. The molecule has 8 heteroatoms. The third-order valence-corrected chi connectivity index (χ3v) is 5.06. The number of benzene rings is 2. The molecule has 0 bridgehead atoms. The summed E-state index contributed by atoms with van der Waals surface area (Å²) in [6, 6.07) is 11.5. The van der Waals surface area contributed by atoms with E-state index in [9.17, 15) is 14.4 Å². The lowest BCUT2D eigenvalue weighted by atomic mass is 10.1. The van der Waals surface area contributed by atoms with Gasteiger partial charge in [0, 0.05) is 6.42 Å². The van der Waals surface area contributed by atoms with Gasteiger partial charge in [0.15, 0.2) is 17.5 Å². The highest BCUT2D eigenvalue weighted by Crippen LogP contribution is 2.27. The average molecular weight is 413 g/mol. The van der Waals surface area contributed by atoms with Crippen molar-refractivity contribution in [2.75, 3.05) is 32.8 Å². The number of carbonyl (C=O) groups excluding carboxylic acids is 3. The Morgan fingerprint density at radius 3 is 2.37 bits per heavy atom. The van der Waals surface area contributed by atoms with Crippen molar-refractivity contribution in [2.45, 2.75) is 18.9 Å². The molecular formula is C22H25N2O6+. The lowest BCUT2D eigenvalue weighted by Gasteiger charge is -2.14. The molecule has 2 aromatic rings. The van der Waals surface area contributed by atoms with E-state index in [1.807, 2.05) is 23.5 Å². The van der Waals surface area contributed by atoms with Crippen LogP contribution in [0.2, 0.25) is 0 Å². The van der Waals surface area contributed by atoms with Crippen LogP contribution in [0.4, 0.5) is 5.69 Å². The van der Waals surface area contributed by atoms with Gasteiger partial charge in [-0.05, 0) is 42.0 Å². The van der Waals surface area contributed by atoms with E-state index in [0.717, 1.165) is 5.56 Å². The van der Waals surface area contributed by atoms with Crippen molar-refractivity contribution >= 4 is 23.5 Å². The van der Waals surface area contributed by atoms with E-state index in [-0.39, 0.29) is 18.2 Å². The van der Waals surface area contributed by atoms with Crippen LogP contribution in [0.15, 0.2) is 42.5 Å². The lowest BCUT2D eigenvalue weighted by molar-refractivity contribution is -0.674. The summed E-state index contributed by atoms with van der Waals surface area (Å²) in [6.45, 7) is 0.647. The van der Waals surface area contributed by atoms with Gasteiger partial charge in [0.2, 0.25) is 5.91 Å². The quantitative estimate of drug-likeness (QED) is 0.511. The largest absolute Gasteiger partial charge is 0.493 e. The molecule has 0 aromatic heterocycles. The van der Waals surface area contributed by atoms with Gasteiger partial charge in [0.1, 0.15) is 0 Å². The van der Waals surface area contributed by atoms with E-state index in [4.69, 9.17) is 9.47 Å². The van der Waals surface area contributed by atoms with Crippen LogP contribution in [0.1, 0.15) is 22.3 Å². The monoisotopic (exact) mass is 413 g/mol. The van der Waals surface area contributed by atoms with E-state index in [1.165, 1.54) is 24.1 Å². The first-order valence-electron chi connectivity index (χ1n) is 9.58. The fourth-order valence-corrected chi connectivity index (χ4v) is 3.46. The second kappa shape index (κ2) is 9.41. The summed E-state index contributed by atoms with van der Waals surface area (Å²) >= 11 is 0. The van der Waals surface area contributed by atoms with E-state index >= 15 is 0 Å². The molecule has 1 atom stereocenters. The number of carbonyl (C=O) groups is 3. The summed E-state index contributed by atoms with van der Waals surface area (Å²) in [5.41, 5.74) is 1.86. The second-order valence-corrected chi connectivity index (χ2v) is 6.88. The van der Waals surface area contributed by atoms with Gasteiger partial charge >= 0.3 is 5.97 Å². The fourth-order valence-electron chi connectivity index (χ4n) is 3.46. The number of ether oxygens (including phenoxy) is 3. The molecule has 158 valence electrons. The molecule has 2 N–H and O–H groups in total. The highest BCUT2D eigenvalue weighted by molar-refractivity contribution is 6.21. The van der Waals surface area contributed by atoms with Crippen molar-refractivity contribution in [2.24, 2.45) is 0 Å². The number of esters is 1. The molecule has 0 spiro atoms. The minimum atomic E-state index is -0.470. The second-order valence-electron chi connectivity index (χ2n) is 6.88. The zero-order valence-electron chi connectivity index (χ0n) is 17.2. The van der Waals surface area contributed by atoms with Crippen LogP contribution in [-0.2, 0) is 20.7 Å². The molecule has 0 radical (unpaired) electrons. The van der Waals surface area contributed by atoms with Crippen LogP contribution >= 0.6 is 0 Å². The Kier molecular flexibility index (Phi) is 6.68. The first-order chi connectivity index (χ1) is 14.5. The van der Waals surface area contributed by atoms with Gasteiger partial charge in [-0.2, -0.15) is 0 Å². The molecule has 1 fully saturated rings. The maximum absolute atomic E-state index is 12.8. The molecule has 0 aliphatic carbocycles. The number of nitrogens with zero attached hydrogens (tertiary/aromatic N) is 1. The van der Waals surface area contributed by atoms with Gasteiger partial charge in [-0.15, -0.1) is 0 Å². The molecule has 1 aliphatic heterocycles. The number of quaternary nitrogens is 1. The van der Waals surface area contributed by atoms with Crippen LogP contribution in [0.5, 0.6) is 11.5 Å². The van der Waals surface area contributed by atoms with Crippen LogP contribution in [-0.4, -0.2) is 51.7 Å². The normalized spacial score (nSPS) is 16.0. The molecule has 8 nitrogen and oxygen atoms in total. The van der Waals surface area contributed by atoms with Crippen molar-refractivity contribution in [3.05, 3.63) is 53.6 Å². The molecule has 0 saturated carbocycles. The molecule has 1 saturated heterocycles. The number of hydrogen-bond donors (Lipinski definition) is 1. The zero-order valence-corrected chi connectivity index (χ0v) is 17.2. The smallest absolute Gasteiger partial charge is 0.337 e. The van der Waals surface area contributed by atoms with E-state index < -0.39 is 12.0 Å². The van der Waals surface area contributed by atoms with Crippen LogP contribution < -0.4 is 19.7 Å². The van der Waals surface area contributed by atoms with Gasteiger partial charge in [-0.25, -0.2) is 9.69 Å². The topological polar surface area (TPSA) is 98.8 Å². The van der Waals surface area contributed by atoms with Crippen LogP contribution in [0.3, 0.4) is 0 Å². The van der Waals surface area contributed by atoms with Gasteiger partial charge in [-0.3, -0.25) is 9.59 Å². The van der Waals surface area contributed by atoms with Crippen molar-refractivity contribution in [3.63, 3.8) is 0 Å². The van der Waals surface area contributed by atoms with Crippen molar-refractivity contribution in [3.8, 4) is 11.5 Å². The summed E-state index contributed by atoms with van der Waals surface area (Å²) in [7, 11) is 4.47. The van der Waals surface area contributed by atoms with E-state index in [1.54, 1.807) is 26.4 Å². The summed E-state index contributed by atoms with van der Waals surface area (Å²) < 4.78 is 15.2. The molecular weight excluding hydrogens is 388 g/mol. The number of methoxy groups -OCH3 is 3. The fraction of sp³-hybridized carbons (Fsp3) is 0.318. The van der Waals surface area contributed by atoms with Crippen molar-refractivity contribution in [1.82, 2.24) is 0 Å². The number of hydrogen-bond acceptors (Lipinski definition) is 6. The summed E-state index contributed by atoms with van der Waals surface area (Å²) in [5, 5.41) is 1.89. The number of anilines is 1. The average Bonchev–Trinajstić information content (AvgIpc) is 3.06. The molecule has 3 rings (SSSR count). The Hall–Kier alpha value is -3.39. The van der Waals surface area contributed by atoms with Crippen molar-refractivity contribution in [1.29, 1.82) is 0 Å². The maximum Gasteiger partial charge on any atom is 0.337 e. The number of amides is 2. The molecule has 30 heavy (non-hydrogen) atoms. The Morgan fingerprint density at radius 2 is 1.73 bits per heavy atom. The van der Waals surface area contributed by atoms with Gasteiger partial charge in [0.05, 0.1) is 45.5 Å². The minimum absolute atomic E-state index is 0.142. The number of nitrogens with two attached hydrogens (primary N) is 1. The predicted octanol–water partition coefficient (Wildman–Crippen LogP) is 0.928. The Morgan fingerprint density at radius 1 is 1.03 bits per heavy atom. The summed E-state index contributed by atoms with van der Waals surface area (Å²) in [4.78, 5) is 37.9. The van der Waals surface area contributed by atoms with Crippen molar-refractivity contribution < 1.29 is 33.9 Å². The first kappa shape index (κ1) is 21.3. The molecule has 1 heterocycles. The Labute approximate surface area is 174 Å². The standard InChI is InChI=1S/C22H24N2O6/c1-28-18-9-4-14(12-19(18)29-2)10-11-23-17-13-20(25)24(21(17)26)16-7-5-15(6-8-16)22(27)30-3/h4-9,12,17,23H,10-11,13H2,1-3H3/p+1. The predicted molar refractivity (Wildman–Crippen MR) is 109 cm³/mol. The number of imide groups is 1. The highest BCUT2D eigenvalue weighted by atomic mass is 16.5. The van der Waals surface area contributed by atoms with Crippen LogP contribution in [0.25, 0.3) is 0 Å². The highest BCUT2D eigenvalue weighted by Gasteiger charge is 2.42. The SMILES string of the molecule is COC(=O)c1ccc(N2C(=O)CC([NH2+]CCc3ccc(OC)c(OC)c3)C2=O)cc1.